The molecular weight excluding hydrogens is 567 g/mol. The summed E-state index contributed by atoms with van der Waals surface area (Å²) in [6.07, 6.45) is 0.160. The van der Waals surface area contributed by atoms with Crippen LogP contribution in [0.1, 0.15) is 42.5 Å². The molecule has 2 aromatic carbocycles. The molecule has 3 aromatic rings. The van der Waals surface area contributed by atoms with Crippen molar-refractivity contribution in [3.05, 3.63) is 110 Å². The number of ketones is 1. The molecule has 0 amide bonds. The molecule has 1 aromatic heterocycles. The average molecular weight is 595 g/mol. The van der Waals surface area contributed by atoms with Crippen molar-refractivity contribution < 1.29 is 28.2 Å². The van der Waals surface area contributed by atoms with Crippen molar-refractivity contribution in [2.45, 2.75) is 32.1 Å². The van der Waals surface area contributed by atoms with E-state index < -0.39 is 41.3 Å². The normalized spacial score (nSPS) is 20.6. The number of allylic oxidation sites excluding steroid dienone is 2. The molecule has 2 heterocycles. The van der Waals surface area contributed by atoms with Crippen molar-refractivity contribution in [1.29, 1.82) is 0 Å². The van der Waals surface area contributed by atoms with E-state index in [0.29, 0.717) is 16.3 Å². The van der Waals surface area contributed by atoms with Crippen LogP contribution in [-0.4, -0.2) is 30.9 Å². The van der Waals surface area contributed by atoms with Gasteiger partial charge in [0.15, 0.2) is 5.78 Å². The second-order valence-electron chi connectivity index (χ2n) is 9.57. The van der Waals surface area contributed by atoms with E-state index in [-0.39, 0.29) is 42.3 Å². The van der Waals surface area contributed by atoms with Gasteiger partial charge in [0, 0.05) is 27.1 Å². The van der Waals surface area contributed by atoms with E-state index in [2.05, 4.69) is 0 Å². The molecule has 0 saturated carbocycles. The molecule has 0 saturated heterocycles. The van der Waals surface area contributed by atoms with E-state index in [1.54, 1.807) is 44.2 Å². The molecule has 10 heteroatoms. The standard InChI is InChI=1S/C31H28ClFN2O5S/c1-3-39-30(37)25-19(23-13-8-14-41-23)16-22-26(28(25)36)24(17-9-7-10-18(32)15-17)27(31(38)40-4-2)29(34)35(22)21-12-6-5-11-20(21)33/h5-15,19,24-25H,3-4,16,34H2,1-2H3/t19-,24-,25-/m1/s1. The molecule has 2 aliphatic rings. The van der Waals surface area contributed by atoms with Gasteiger partial charge in [0.2, 0.25) is 0 Å². The minimum atomic E-state index is -1.18. The maximum Gasteiger partial charge on any atom is 0.338 e. The number of esters is 2. The predicted molar refractivity (Wildman–Crippen MR) is 155 cm³/mol. The Hall–Kier alpha value is -3.95. The van der Waals surface area contributed by atoms with E-state index >= 15 is 4.39 Å². The van der Waals surface area contributed by atoms with Crippen molar-refractivity contribution in [1.82, 2.24) is 0 Å². The van der Waals surface area contributed by atoms with Crippen LogP contribution in [0.4, 0.5) is 10.1 Å². The first-order chi connectivity index (χ1) is 19.8. The Morgan fingerprint density at radius 2 is 1.83 bits per heavy atom. The topological polar surface area (TPSA) is 98.9 Å². The molecule has 0 radical (unpaired) electrons. The molecule has 2 N–H and O–H groups in total. The molecule has 1 aliphatic heterocycles. The summed E-state index contributed by atoms with van der Waals surface area (Å²) in [6.45, 7) is 3.46. The number of rotatable bonds is 7. The quantitative estimate of drug-likeness (QED) is 0.262. The number of nitrogens with zero attached hydrogens (tertiary/aromatic N) is 1. The molecule has 5 rings (SSSR count). The molecule has 212 valence electrons. The summed E-state index contributed by atoms with van der Waals surface area (Å²) < 4.78 is 26.2. The zero-order valence-corrected chi connectivity index (χ0v) is 24.0. The summed E-state index contributed by atoms with van der Waals surface area (Å²) in [5.41, 5.74) is 7.83. The molecule has 3 atom stereocenters. The van der Waals surface area contributed by atoms with Gasteiger partial charge < -0.3 is 15.2 Å². The number of ether oxygens (including phenoxy) is 2. The van der Waals surface area contributed by atoms with Gasteiger partial charge in [-0.25, -0.2) is 9.18 Å². The summed E-state index contributed by atoms with van der Waals surface area (Å²) in [5, 5.41) is 2.24. The second kappa shape index (κ2) is 11.9. The zero-order valence-electron chi connectivity index (χ0n) is 22.4. The largest absolute Gasteiger partial charge is 0.465 e. The van der Waals surface area contributed by atoms with E-state index in [9.17, 15) is 14.4 Å². The van der Waals surface area contributed by atoms with Crippen LogP contribution < -0.4 is 10.6 Å². The van der Waals surface area contributed by atoms with Gasteiger partial charge in [0.1, 0.15) is 17.6 Å². The first kappa shape index (κ1) is 28.6. The number of benzene rings is 2. The highest BCUT2D eigenvalue weighted by molar-refractivity contribution is 7.10. The van der Waals surface area contributed by atoms with E-state index in [4.69, 9.17) is 26.8 Å². The monoisotopic (exact) mass is 594 g/mol. The number of halogens is 2. The lowest BCUT2D eigenvalue weighted by Crippen LogP contribution is -2.46. The highest BCUT2D eigenvalue weighted by Crippen LogP contribution is 2.52. The predicted octanol–water partition coefficient (Wildman–Crippen LogP) is 6.07. The highest BCUT2D eigenvalue weighted by Gasteiger charge is 2.51. The fourth-order valence-corrected chi connectivity index (χ4v) is 6.70. The third-order valence-electron chi connectivity index (χ3n) is 7.26. The van der Waals surface area contributed by atoms with Crippen molar-refractivity contribution in [3.8, 4) is 0 Å². The van der Waals surface area contributed by atoms with Crippen molar-refractivity contribution in [3.63, 3.8) is 0 Å². The Morgan fingerprint density at radius 1 is 1.07 bits per heavy atom. The maximum absolute atomic E-state index is 15.4. The first-order valence-electron chi connectivity index (χ1n) is 13.2. The highest BCUT2D eigenvalue weighted by atomic mass is 35.5. The van der Waals surface area contributed by atoms with Crippen LogP contribution in [0.2, 0.25) is 5.02 Å². The summed E-state index contributed by atoms with van der Waals surface area (Å²) in [7, 11) is 0. The fourth-order valence-electron chi connectivity index (χ4n) is 5.64. The molecular formula is C31H28ClFN2O5S. The Kier molecular flexibility index (Phi) is 8.28. The number of hydrogen-bond acceptors (Lipinski definition) is 8. The molecule has 41 heavy (non-hydrogen) atoms. The van der Waals surface area contributed by atoms with Crippen LogP contribution in [0.25, 0.3) is 0 Å². The minimum absolute atomic E-state index is 0.0401. The smallest absolute Gasteiger partial charge is 0.338 e. The summed E-state index contributed by atoms with van der Waals surface area (Å²) in [5.74, 6) is -5.40. The van der Waals surface area contributed by atoms with Crippen LogP contribution in [0.3, 0.4) is 0 Å². The van der Waals surface area contributed by atoms with Crippen LogP contribution in [0.15, 0.2) is 88.7 Å². The molecule has 1 aliphatic carbocycles. The summed E-state index contributed by atoms with van der Waals surface area (Å²) in [6, 6.07) is 16.4. The number of anilines is 1. The zero-order chi connectivity index (χ0) is 29.3. The van der Waals surface area contributed by atoms with Crippen LogP contribution in [0, 0.1) is 11.7 Å². The van der Waals surface area contributed by atoms with Crippen molar-refractivity contribution in [2.75, 3.05) is 18.1 Å². The van der Waals surface area contributed by atoms with Gasteiger partial charge in [-0.1, -0.05) is 41.9 Å². The molecule has 0 unspecified atom stereocenters. The maximum atomic E-state index is 15.4. The van der Waals surface area contributed by atoms with Gasteiger partial charge in [-0.15, -0.1) is 11.3 Å². The van der Waals surface area contributed by atoms with E-state index in [1.807, 2.05) is 17.5 Å². The molecule has 0 bridgehead atoms. The van der Waals surface area contributed by atoms with Gasteiger partial charge in [-0.05, 0) is 61.5 Å². The number of Topliss-reactive ketones (excluding diaryl/α,β-unsaturated/α-hetero) is 1. The fraction of sp³-hybridized carbons (Fsp3) is 0.258. The Morgan fingerprint density at radius 3 is 2.49 bits per heavy atom. The number of carbonyl (C=O) groups is 3. The third kappa shape index (κ3) is 5.15. The number of para-hydroxylation sites is 1. The number of nitrogens with two attached hydrogens (primary N) is 1. The lowest BCUT2D eigenvalue weighted by molar-refractivity contribution is -0.152. The Balaban J connectivity index is 1.83. The second-order valence-corrected chi connectivity index (χ2v) is 11.0. The van der Waals surface area contributed by atoms with Crippen molar-refractivity contribution in [2.24, 2.45) is 11.7 Å². The van der Waals surface area contributed by atoms with Gasteiger partial charge in [0.25, 0.3) is 0 Å². The van der Waals surface area contributed by atoms with Crippen LogP contribution in [-0.2, 0) is 23.9 Å². The lowest BCUT2D eigenvalue weighted by Gasteiger charge is -2.43. The van der Waals surface area contributed by atoms with Gasteiger partial charge >= 0.3 is 11.9 Å². The minimum Gasteiger partial charge on any atom is -0.465 e. The summed E-state index contributed by atoms with van der Waals surface area (Å²) >= 11 is 7.77. The van der Waals surface area contributed by atoms with Crippen LogP contribution in [0.5, 0.6) is 0 Å². The molecule has 7 nitrogen and oxygen atoms in total. The lowest BCUT2D eigenvalue weighted by atomic mass is 9.68. The number of thiophene rings is 1. The molecule has 0 fully saturated rings. The SMILES string of the molecule is CCOC(=O)C1=C(N)N(c2ccccc2F)C2=C(C(=O)[C@H](C(=O)OCC)[C@@H](c3cccs3)C2)[C@H]1c1cccc(Cl)c1. The number of carbonyl (C=O) groups excluding carboxylic acids is 3. The number of hydrogen-bond donors (Lipinski definition) is 1. The van der Waals surface area contributed by atoms with Gasteiger partial charge in [-0.2, -0.15) is 0 Å². The van der Waals surface area contributed by atoms with Gasteiger partial charge in [0.05, 0.1) is 30.4 Å². The first-order valence-corrected chi connectivity index (χ1v) is 14.5. The summed E-state index contributed by atoms with van der Waals surface area (Å²) in [4.78, 5) is 43.8. The van der Waals surface area contributed by atoms with E-state index in [1.165, 1.54) is 34.4 Å². The van der Waals surface area contributed by atoms with Gasteiger partial charge in [-0.3, -0.25) is 14.5 Å². The Labute approximate surface area is 246 Å². The van der Waals surface area contributed by atoms with Crippen molar-refractivity contribution >= 4 is 46.3 Å². The average Bonchev–Trinajstić information content (AvgIpc) is 3.48. The van der Waals surface area contributed by atoms with E-state index in [0.717, 1.165) is 4.88 Å². The molecule has 0 spiro atoms. The third-order valence-corrected chi connectivity index (χ3v) is 8.50. The van der Waals surface area contributed by atoms with Crippen LogP contribution >= 0.6 is 22.9 Å². The Bertz CT molecular complexity index is 1570.